The molecule has 9 nitrogen and oxygen atoms in total. The van der Waals surface area contributed by atoms with Crippen molar-refractivity contribution in [2.75, 3.05) is 57.3 Å². The monoisotopic (exact) mass is 579 g/mol. The molecule has 1 aromatic heterocycles. The average Bonchev–Trinajstić information content (AvgIpc) is 3.69. The molecule has 0 atom stereocenters. The molecule has 1 saturated carbocycles. The summed E-state index contributed by atoms with van der Waals surface area (Å²) in [6, 6.07) is 6.31. The Morgan fingerprint density at radius 1 is 1.05 bits per heavy atom. The van der Waals surface area contributed by atoms with Crippen LogP contribution in [0.25, 0.3) is 16.6 Å². The number of ether oxygens (including phenoxy) is 1. The van der Waals surface area contributed by atoms with Crippen molar-refractivity contribution in [1.29, 1.82) is 0 Å². The highest BCUT2D eigenvalue weighted by atomic mass is 35.5. The number of halogens is 2. The van der Waals surface area contributed by atoms with Crippen LogP contribution < -0.4 is 20.4 Å². The fourth-order valence-electron chi connectivity index (χ4n) is 6.21. The number of likely N-dealkylation sites (tertiary alicyclic amines) is 1. The number of piperazine rings is 1. The van der Waals surface area contributed by atoms with E-state index in [1.54, 1.807) is 22.8 Å². The number of aromatic nitrogens is 1. The highest BCUT2D eigenvalue weighted by Crippen LogP contribution is 2.47. The number of nitrogens with zero attached hydrogens (tertiary/aromatic N) is 4. The van der Waals surface area contributed by atoms with Gasteiger partial charge in [0.25, 0.3) is 5.91 Å². The van der Waals surface area contributed by atoms with E-state index in [4.69, 9.17) is 16.3 Å². The van der Waals surface area contributed by atoms with Gasteiger partial charge in [0, 0.05) is 62.5 Å². The first-order valence-electron chi connectivity index (χ1n) is 14.3. The van der Waals surface area contributed by atoms with Crippen LogP contribution in [0, 0.1) is 11.7 Å². The number of fused-ring (bicyclic) bond motifs is 2. The summed E-state index contributed by atoms with van der Waals surface area (Å²) >= 11 is 6.29. The number of carbonyl (C=O) groups is 2. The van der Waals surface area contributed by atoms with Gasteiger partial charge < -0.3 is 29.3 Å². The Balaban J connectivity index is 1.27. The second-order valence-electron chi connectivity index (χ2n) is 11.3. The summed E-state index contributed by atoms with van der Waals surface area (Å²) in [6.45, 7) is 4.98. The first-order chi connectivity index (χ1) is 19.9. The standard InChI is InChI=1S/C30H31ClFN5O4/c31-19-5-6-23-24(15-19)41-28-25-20(16-22(32)26(28)35-11-13-36(14-12-35)30(40)18-3-4-18)27(38)21(17-37(23)25)29(39)33-7-10-34-8-1-2-9-34/h5-6,15-18H,1-4,7-14H2,(H,33,39). The van der Waals surface area contributed by atoms with Crippen LogP contribution in [0.3, 0.4) is 0 Å². The van der Waals surface area contributed by atoms with E-state index >= 15 is 4.39 Å². The first-order valence-corrected chi connectivity index (χ1v) is 14.7. The van der Waals surface area contributed by atoms with E-state index in [0.29, 0.717) is 61.2 Å². The van der Waals surface area contributed by atoms with Gasteiger partial charge in [-0.1, -0.05) is 11.6 Å². The van der Waals surface area contributed by atoms with Crippen LogP contribution in [0.5, 0.6) is 11.5 Å². The summed E-state index contributed by atoms with van der Waals surface area (Å²) in [5.41, 5.74) is 0.605. The van der Waals surface area contributed by atoms with E-state index in [1.807, 2.05) is 9.80 Å². The fourth-order valence-corrected chi connectivity index (χ4v) is 6.37. The van der Waals surface area contributed by atoms with E-state index in [1.165, 1.54) is 12.3 Å². The van der Waals surface area contributed by atoms with Crippen LogP contribution in [0.4, 0.5) is 10.1 Å². The number of pyridine rings is 1. The average molecular weight is 580 g/mol. The molecule has 1 N–H and O–H groups in total. The summed E-state index contributed by atoms with van der Waals surface area (Å²) < 4.78 is 24.0. The molecular formula is C30H31ClFN5O4. The minimum Gasteiger partial charge on any atom is -0.451 e. The molecule has 11 heteroatoms. The van der Waals surface area contributed by atoms with Gasteiger partial charge in [-0.3, -0.25) is 14.4 Å². The molecule has 3 aromatic rings. The maximum Gasteiger partial charge on any atom is 0.256 e. The molecule has 0 spiro atoms. The zero-order chi connectivity index (χ0) is 28.2. The Morgan fingerprint density at radius 3 is 2.54 bits per heavy atom. The molecule has 214 valence electrons. The lowest BCUT2D eigenvalue weighted by molar-refractivity contribution is -0.132. The second-order valence-corrected chi connectivity index (χ2v) is 11.7. The normalized spacial score (nSPS) is 18.4. The Morgan fingerprint density at radius 2 is 1.80 bits per heavy atom. The van der Waals surface area contributed by atoms with Crippen LogP contribution >= 0.6 is 11.6 Å². The molecule has 4 heterocycles. The Bertz CT molecular complexity index is 1620. The largest absolute Gasteiger partial charge is 0.451 e. The molecule has 41 heavy (non-hydrogen) atoms. The van der Waals surface area contributed by atoms with E-state index < -0.39 is 17.2 Å². The van der Waals surface area contributed by atoms with Crippen molar-refractivity contribution < 1.29 is 18.7 Å². The first kappa shape index (κ1) is 26.3. The smallest absolute Gasteiger partial charge is 0.256 e. The third kappa shape index (κ3) is 4.72. The van der Waals surface area contributed by atoms with E-state index in [9.17, 15) is 14.4 Å². The Kier molecular flexibility index (Phi) is 6.62. The van der Waals surface area contributed by atoms with Crippen molar-refractivity contribution in [3.63, 3.8) is 0 Å². The topological polar surface area (TPSA) is 87.1 Å². The van der Waals surface area contributed by atoms with Gasteiger partial charge in [0.05, 0.1) is 11.1 Å². The molecule has 7 rings (SSSR count). The fraction of sp³-hybridized carbons (Fsp3) is 0.433. The van der Waals surface area contributed by atoms with Crippen molar-refractivity contribution in [3.8, 4) is 17.2 Å². The predicted molar refractivity (Wildman–Crippen MR) is 154 cm³/mol. The van der Waals surface area contributed by atoms with Crippen molar-refractivity contribution >= 4 is 40.0 Å². The minimum absolute atomic E-state index is 0.0629. The molecule has 0 radical (unpaired) electrons. The second kappa shape index (κ2) is 10.3. The number of benzene rings is 2. The van der Waals surface area contributed by atoms with Crippen molar-refractivity contribution in [2.24, 2.45) is 5.92 Å². The van der Waals surface area contributed by atoms with Crippen LogP contribution in [-0.2, 0) is 4.79 Å². The third-order valence-electron chi connectivity index (χ3n) is 8.56. The van der Waals surface area contributed by atoms with Crippen LogP contribution in [0.2, 0.25) is 5.02 Å². The summed E-state index contributed by atoms with van der Waals surface area (Å²) in [5.74, 6) is -0.213. The minimum atomic E-state index is -0.616. The maximum atomic E-state index is 16.0. The lowest BCUT2D eigenvalue weighted by atomic mass is 10.0. The van der Waals surface area contributed by atoms with Gasteiger partial charge in [-0.05, 0) is 57.0 Å². The lowest BCUT2D eigenvalue weighted by Gasteiger charge is -2.38. The van der Waals surface area contributed by atoms with Crippen molar-refractivity contribution in [1.82, 2.24) is 19.7 Å². The Labute approximate surface area is 241 Å². The number of amides is 2. The molecule has 3 fully saturated rings. The van der Waals surface area contributed by atoms with Crippen molar-refractivity contribution in [2.45, 2.75) is 25.7 Å². The van der Waals surface area contributed by atoms with E-state index in [0.717, 1.165) is 38.8 Å². The summed E-state index contributed by atoms with van der Waals surface area (Å²) in [6.07, 6.45) is 5.70. The SMILES string of the molecule is O=C(NCCN1CCCC1)c1cn2c3c(c(N4CCN(C(=O)C5CC5)CC4)c(F)cc3c1=O)Oc1cc(Cl)ccc1-2. The molecule has 2 saturated heterocycles. The molecule has 2 aromatic carbocycles. The highest BCUT2D eigenvalue weighted by Gasteiger charge is 2.36. The summed E-state index contributed by atoms with van der Waals surface area (Å²) in [5, 5.41) is 3.38. The van der Waals surface area contributed by atoms with Gasteiger partial charge >= 0.3 is 0 Å². The maximum absolute atomic E-state index is 16.0. The zero-order valence-electron chi connectivity index (χ0n) is 22.6. The highest BCUT2D eigenvalue weighted by molar-refractivity contribution is 6.30. The molecular weight excluding hydrogens is 549 g/mol. The van der Waals surface area contributed by atoms with Gasteiger partial charge in [0.2, 0.25) is 11.3 Å². The van der Waals surface area contributed by atoms with Crippen LogP contribution in [0.15, 0.2) is 35.3 Å². The lowest BCUT2D eigenvalue weighted by Crippen LogP contribution is -2.49. The van der Waals surface area contributed by atoms with Crippen LogP contribution in [0.1, 0.15) is 36.0 Å². The molecule has 0 bridgehead atoms. The molecule has 4 aliphatic rings. The number of hydrogen-bond acceptors (Lipinski definition) is 6. The third-order valence-corrected chi connectivity index (χ3v) is 8.79. The van der Waals surface area contributed by atoms with Gasteiger partial charge in [-0.15, -0.1) is 0 Å². The summed E-state index contributed by atoms with van der Waals surface area (Å²) in [7, 11) is 0. The molecule has 2 amide bonds. The van der Waals surface area contributed by atoms with Gasteiger partial charge in [0.1, 0.15) is 16.8 Å². The Hall–Kier alpha value is -3.63. The quantitative estimate of drug-likeness (QED) is 0.374. The zero-order valence-corrected chi connectivity index (χ0v) is 23.4. The number of hydrogen-bond donors (Lipinski definition) is 1. The number of rotatable bonds is 6. The predicted octanol–water partition coefficient (Wildman–Crippen LogP) is 3.77. The van der Waals surface area contributed by atoms with Crippen LogP contribution in [-0.4, -0.2) is 78.5 Å². The molecule has 0 unspecified atom stereocenters. The number of anilines is 1. The van der Waals surface area contributed by atoms with E-state index in [2.05, 4.69) is 10.2 Å². The number of carbonyl (C=O) groups excluding carboxylic acids is 2. The van der Waals surface area contributed by atoms with Gasteiger partial charge in [-0.25, -0.2) is 4.39 Å². The number of nitrogens with one attached hydrogen (secondary N) is 1. The molecule has 1 aliphatic carbocycles. The molecule has 3 aliphatic heterocycles. The van der Waals surface area contributed by atoms with Gasteiger partial charge in [0.15, 0.2) is 17.3 Å². The van der Waals surface area contributed by atoms with Gasteiger partial charge in [-0.2, -0.15) is 0 Å². The summed E-state index contributed by atoms with van der Waals surface area (Å²) in [4.78, 5) is 45.4. The van der Waals surface area contributed by atoms with Crippen molar-refractivity contribution in [3.05, 3.63) is 57.1 Å². The van der Waals surface area contributed by atoms with E-state index in [-0.39, 0.29) is 34.2 Å².